The molecule has 1 N–H and O–H groups in total. The lowest BCUT2D eigenvalue weighted by atomic mass is 10.1. The second kappa shape index (κ2) is 7.30. The van der Waals surface area contributed by atoms with Crippen molar-refractivity contribution in [3.63, 3.8) is 0 Å². The molecule has 1 aromatic heterocycles. The first-order valence-corrected chi connectivity index (χ1v) is 8.74. The van der Waals surface area contributed by atoms with E-state index in [4.69, 9.17) is 4.52 Å². The van der Waals surface area contributed by atoms with Crippen LogP contribution in [-0.2, 0) is 22.6 Å². The lowest BCUT2D eigenvalue weighted by molar-refractivity contribution is -0.157. The maximum absolute atomic E-state index is 12.4. The molecule has 2 aliphatic heterocycles. The lowest BCUT2D eigenvalue weighted by Gasteiger charge is -2.45. The first-order chi connectivity index (χ1) is 12.3. The van der Waals surface area contributed by atoms with E-state index >= 15 is 0 Å². The molecule has 3 rings (SSSR count). The SMILES string of the molecule is CC(C)Cc1noc(CNC(=O)N2CCN3C(=O)CN(C)C(=O)[C@H]3C2)n1. The summed E-state index contributed by atoms with van der Waals surface area (Å²) in [7, 11) is 1.60. The summed E-state index contributed by atoms with van der Waals surface area (Å²) in [4.78, 5) is 45.5. The minimum absolute atomic E-state index is 0.0827. The summed E-state index contributed by atoms with van der Waals surface area (Å²) in [6.07, 6.45) is 0.713. The maximum atomic E-state index is 12.4. The fraction of sp³-hybridized carbons (Fsp3) is 0.688. The van der Waals surface area contributed by atoms with E-state index < -0.39 is 6.04 Å². The fourth-order valence-electron chi connectivity index (χ4n) is 3.18. The van der Waals surface area contributed by atoms with Gasteiger partial charge in [-0.3, -0.25) is 9.59 Å². The number of rotatable bonds is 4. The molecule has 0 aliphatic carbocycles. The van der Waals surface area contributed by atoms with Crippen LogP contribution in [0.15, 0.2) is 4.52 Å². The Morgan fingerprint density at radius 2 is 2.12 bits per heavy atom. The third-order valence-electron chi connectivity index (χ3n) is 4.51. The van der Waals surface area contributed by atoms with E-state index in [1.807, 2.05) is 0 Å². The molecule has 0 aromatic carbocycles. The summed E-state index contributed by atoms with van der Waals surface area (Å²) in [5, 5.41) is 6.61. The van der Waals surface area contributed by atoms with Crippen molar-refractivity contribution in [2.24, 2.45) is 5.92 Å². The van der Waals surface area contributed by atoms with Crippen LogP contribution in [0.2, 0.25) is 0 Å². The Bertz CT molecular complexity index is 703. The number of piperazine rings is 2. The third-order valence-corrected chi connectivity index (χ3v) is 4.51. The van der Waals surface area contributed by atoms with Gasteiger partial charge in [0, 0.05) is 26.6 Å². The molecular weight excluding hydrogens is 340 g/mol. The standard InChI is InChI=1S/C16H24N6O4/c1-10(2)6-12-18-13(26-19-12)7-17-16(25)21-4-5-22-11(8-21)15(24)20(3)9-14(22)23/h10-11H,4-9H2,1-3H3,(H,17,25)/t11-/m1/s1. The van der Waals surface area contributed by atoms with Crippen LogP contribution in [0.4, 0.5) is 4.79 Å². The Kier molecular flexibility index (Phi) is 5.10. The van der Waals surface area contributed by atoms with Crippen LogP contribution in [0, 0.1) is 5.92 Å². The summed E-state index contributed by atoms with van der Waals surface area (Å²) in [6, 6.07) is -0.927. The van der Waals surface area contributed by atoms with Gasteiger partial charge in [0.1, 0.15) is 6.04 Å². The Morgan fingerprint density at radius 3 is 2.85 bits per heavy atom. The van der Waals surface area contributed by atoms with E-state index in [0.29, 0.717) is 37.1 Å². The normalized spacial score (nSPS) is 20.6. The zero-order chi connectivity index (χ0) is 18.8. The van der Waals surface area contributed by atoms with Crippen LogP contribution < -0.4 is 5.32 Å². The second-order valence-corrected chi connectivity index (χ2v) is 7.10. The number of hydrogen-bond acceptors (Lipinski definition) is 6. The predicted molar refractivity (Wildman–Crippen MR) is 89.8 cm³/mol. The molecule has 0 bridgehead atoms. The second-order valence-electron chi connectivity index (χ2n) is 7.10. The van der Waals surface area contributed by atoms with Crippen molar-refractivity contribution in [1.82, 2.24) is 30.2 Å². The molecule has 4 amide bonds. The number of carbonyl (C=O) groups excluding carboxylic acids is 3. The van der Waals surface area contributed by atoms with E-state index in [2.05, 4.69) is 29.3 Å². The molecule has 142 valence electrons. The van der Waals surface area contributed by atoms with Crippen LogP contribution in [-0.4, -0.2) is 82.0 Å². The van der Waals surface area contributed by atoms with Crippen LogP contribution in [0.3, 0.4) is 0 Å². The van der Waals surface area contributed by atoms with Crippen LogP contribution in [0.5, 0.6) is 0 Å². The van der Waals surface area contributed by atoms with Gasteiger partial charge in [0.2, 0.25) is 17.7 Å². The molecule has 0 spiro atoms. The molecule has 2 fully saturated rings. The zero-order valence-electron chi connectivity index (χ0n) is 15.3. The molecule has 10 heteroatoms. The van der Waals surface area contributed by atoms with Crippen LogP contribution >= 0.6 is 0 Å². The minimum atomic E-state index is -0.609. The van der Waals surface area contributed by atoms with Crippen molar-refractivity contribution in [2.75, 3.05) is 33.2 Å². The molecule has 10 nitrogen and oxygen atoms in total. The average Bonchev–Trinajstić information content (AvgIpc) is 3.04. The van der Waals surface area contributed by atoms with Crippen LogP contribution in [0.25, 0.3) is 0 Å². The first-order valence-electron chi connectivity index (χ1n) is 8.74. The van der Waals surface area contributed by atoms with Gasteiger partial charge in [-0.05, 0) is 5.92 Å². The van der Waals surface area contributed by atoms with Gasteiger partial charge in [-0.25, -0.2) is 4.79 Å². The number of amides is 4. The number of hydrogen-bond donors (Lipinski definition) is 1. The number of carbonyl (C=O) groups is 3. The molecule has 1 aromatic rings. The predicted octanol–water partition coefficient (Wildman–Crippen LogP) is -0.537. The van der Waals surface area contributed by atoms with Crippen molar-refractivity contribution in [2.45, 2.75) is 32.9 Å². The summed E-state index contributed by atoms with van der Waals surface area (Å²) in [5.74, 6) is 1.15. The van der Waals surface area contributed by atoms with Gasteiger partial charge >= 0.3 is 6.03 Å². The van der Waals surface area contributed by atoms with Gasteiger partial charge < -0.3 is 24.5 Å². The quantitative estimate of drug-likeness (QED) is 0.768. The number of likely N-dealkylation sites (N-methyl/N-ethyl adjacent to an activating group) is 1. The van der Waals surface area contributed by atoms with Gasteiger partial charge in [0.15, 0.2) is 5.82 Å². The van der Waals surface area contributed by atoms with Gasteiger partial charge in [-0.1, -0.05) is 19.0 Å². The summed E-state index contributed by atoms with van der Waals surface area (Å²) >= 11 is 0. The summed E-state index contributed by atoms with van der Waals surface area (Å²) in [6.45, 7) is 5.27. The number of aromatic nitrogens is 2. The van der Waals surface area contributed by atoms with Gasteiger partial charge in [-0.2, -0.15) is 4.98 Å². The fourth-order valence-corrected chi connectivity index (χ4v) is 3.18. The first kappa shape index (κ1) is 18.2. The van der Waals surface area contributed by atoms with E-state index in [0.717, 1.165) is 0 Å². The minimum Gasteiger partial charge on any atom is -0.337 e. The Labute approximate surface area is 151 Å². The highest BCUT2D eigenvalue weighted by molar-refractivity contribution is 5.95. The van der Waals surface area contributed by atoms with Gasteiger partial charge in [0.25, 0.3) is 0 Å². The highest BCUT2D eigenvalue weighted by atomic mass is 16.5. The monoisotopic (exact) mass is 364 g/mol. The highest BCUT2D eigenvalue weighted by Gasteiger charge is 2.42. The van der Waals surface area contributed by atoms with Gasteiger partial charge in [-0.15, -0.1) is 0 Å². The maximum Gasteiger partial charge on any atom is 0.317 e. The van der Waals surface area contributed by atoms with Crippen molar-refractivity contribution in [3.05, 3.63) is 11.7 Å². The Balaban J connectivity index is 1.55. The Hall–Kier alpha value is -2.65. The largest absolute Gasteiger partial charge is 0.337 e. The van der Waals surface area contributed by atoms with E-state index in [1.165, 1.54) is 9.80 Å². The number of fused-ring (bicyclic) bond motifs is 1. The zero-order valence-corrected chi connectivity index (χ0v) is 15.3. The van der Waals surface area contributed by atoms with Crippen molar-refractivity contribution in [1.29, 1.82) is 0 Å². The summed E-state index contributed by atoms with van der Waals surface area (Å²) < 4.78 is 5.13. The third kappa shape index (κ3) is 3.78. The topological polar surface area (TPSA) is 112 Å². The molecule has 26 heavy (non-hydrogen) atoms. The highest BCUT2D eigenvalue weighted by Crippen LogP contribution is 2.17. The molecule has 1 atom stereocenters. The molecule has 2 aliphatic rings. The smallest absolute Gasteiger partial charge is 0.317 e. The molecule has 0 saturated carbocycles. The van der Waals surface area contributed by atoms with Crippen molar-refractivity contribution < 1.29 is 18.9 Å². The Morgan fingerprint density at radius 1 is 1.35 bits per heavy atom. The average molecular weight is 364 g/mol. The van der Waals surface area contributed by atoms with Crippen molar-refractivity contribution >= 4 is 17.8 Å². The molecule has 0 unspecified atom stereocenters. The lowest BCUT2D eigenvalue weighted by Crippen LogP contribution is -2.67. The van der Waals surface area contributed by atoms with Crippen LogP contribution in [0.1, 0.15) is 25.6 Å². The molecule has 0 radical (unpaired) electrons. The van der Waals surface area contributed by atoms with E-state index in [-0.39, 0.29) is 37.5 Å². The molecular formula is C16H24N6O4. The van der Waals surface area contributed by atoms with Gasteiger partial charge in [0.05, 0.1) is 19.6 Å². The number of nitrogens with zero attached hydrogens (tertiary/aromatic N) is 5. The van der Waals surface area contributed by atoms with E-state index in [9.17, 15) is 14.4 Å². The number of nitrogens with one attached hydrogen (secondary N) is 1. The molecule has 3 heterocycles. The van der Waals surface area contributed by atoms with Crippen molar-refractivity contribution in [3.8, 4) is 0 Å². The summed E-state index contributed by atoms with van der Waals surface area (Å²) in [5.41, 5.74) is 0. The number of urea groups is 1. The van der Waals surface area contributed by atoms with E-state index in [1.54, 1.807) is 11.9 Å². The molecule has 2 saturated heterocycles.